The van der Waals surface area contributed by atoms with Gasteiger partial charge in [0, 0.05) is 6.04 Å². The molecule has 3 heteroatoms. The normalized spacial score (nSPS) is 20.8. The lowest BCUT2D eigenvalue weighted by molar-refractivity contribution is -0.146. The Kier molecular flexibility index (Phi) is 5.40. The van der Waals surface area contributed by atoms with Gasteiger partial charge in [0.1, 0.15) is 0 Å². The monoisotopic (exact) mass is 261 g/mol. The molecule has 0 radical (unpaired) electrons. The summed E-state index contributed by atoms with van der Waals surface area (Å²) >= 11 is 0. The summed E-state index contributed by atoms with van der Waals surface area (Å²) in [6, 6.07) is 10.2. The van der Waals surface area contributed by atoms with Gasteiger partial charge in [0.05, 0.1) is 12.5 Å². The molecule has 1 aromatic carbocycles. The first-order chi connectivity index (χ1) is 9.33. The van der Waals surface area contributed by atoms with Crippen LogP contribution in [0.4, 0.5) is 0 Å². The molecule has 2 atom stereocenters. The summed E-state index contributed by atoms with van der Waals surface area (Å²) in [6.07, 6.45) is 4.29. The van der Waals surface area contributed by atoms with E-state index in [0.717, 1.165) is 24.9 Å². The topological polar surface area (TPSA) is 38.3 Å². The molecular weight excluding hydrogens is 238 g/mol. The van der Waals surface area contributed by atoms with Crippen molar-refractivity contribution < 1.29 is 9.53 Å². The van der Waals surface area contributed by atoms with E-state index in [0.29, 0.717) is 6.61 Å². The third kappa shape index (κ3) is 3.80. The van der Waals surface area contributed by atoms with Crippen molar-refractivity contribution in [3.63, 3.8) is 0 Å². The van der Waals surface area contributed by atoms with Crippen molar-refractivity contribution >= 4 is 5.97 Å². The second-order valence-corrected chi connectivity index (χ2v) is 5.11. The van der Waals surface area contributed by atoms with Crippen LogP contribution in [-0.2, 0) is 9.53 Å². The van der Waals surface area contributed by atoms with Crippen LogP contribution in [0.3, 0.4) is 0 Å². The van der Waals surface area contributed by atoms with Crippen molar-refractivity contribution in [1.82, 2.24) is 5.32 Å². The summed E-state index contributed by atoms with van der Waals surface area (Å²) < 4.78 is 5.38. The van der Waals surface area contributed by atoms with Crippen LogP contribution in [0.15, 0.2) is 30.3 Å². The fourth-order valence-corrected chi connectivity index (χ4v) is 2.65. The largest absolute Gasteiger partial charge is 0.465 e. The van der Waals surface area contributed by atoms with Crippen LogP contribution >= 0.6 is 0 Å². The number of carbonyl (C=O) groups excluding carboxylic acids is 1. The van der Waals surface area contributed by atoms with E-state index >= 15 is 0 Å². The molecule has 0 saturated carbocycles. The molecule has 1 fully saturated rings. The molecule has 104 valence electrons. The highest BCUT2D eigenvalue weighted by atomic mass is 16.5. The number of benzene rings is 1. The van der Waals surface area contributed by atoms with Crippen molar-refractivity contribution in [1.29, 1.82) is 0 Å². The first-order valence-electron chi connectivity index (χ1n) is 7.28. The zero-order valence-corrected chi connectivity index (χ0v) is 11.6. The summed E-state index contributed by atoms with van der Waals surface area (Å²) in [7, 11) is 0. The van der Waals surface area contributed by atoms with Gasteiger partial charge in [-0.15, -0.1) is 0 Å². The standard InChI is InChI=1S/C16H23NO2/c1-2-12-19-16(18)15(13-8-4-3-5-9-13)14-10-6-7-11-17-14/h3-5,8-9,14-15,17H,2,6-7,10-12H2,1H3/t14-,15-/m0/s1. The zero-order valence-electron chi connectivity index (χ0n) is 11.6. The fraction of sp³-hybridized carbons (Fsp3) is 0.562. The molecule has 0 aliphatic carbocycles. The van der Waals surface area contributed by atoms with Crippen LogP contribution in [0.25, 0.3) is 0 Å². The van der Waals surface area contributed by atoms with Crippen molar-refractivity contribution in [2.75, 3.05) is 13.2 Å². The van der Waals surface area contributed by atoms with Gasteiger partial charge in [-0.25, -0.2) is 0 Å². The zero-order chi connectivity index (χ0) is 13.5. The molecule has 1 N–H and O–H groups in total. The van der Waals surface area contributed by atoms with E-state index in [1.807, 2.05) is 37.3 Å². The maximum absolute atomic E-state index is 12.3. The molecule has 0 amide bonds. The first kappa shape index (κ1) is 14.1. The second-order valence-electron chi connectivity index (χ2n) is 5.11. The van der Waals surface area contributed by atoms with Crippen LogP contribution < -0.4 is 5.32 Å². The van der Waals surface area contributed by atoms with Crippen LogP contribution in [0, 0.1) is 0 Å². The summed E-state index contributed by atoms with van der Waals surface area (Å²) in [4.78, 5) is 12.3. The van der Waals surface area contributed by atoms with Gasteiger partial charge >= 0.3 is 5.97 Å². The summed E-state index contributed by atoms with van der Waals surface area (Å²) in [5.41, 5.74) is 1.06. The van der Waals surface area contributed by atoms with E-state index < -0.39 is 0 Å². The quantitative estimate of drug-likeness (QED) is 0.828. The molecule has 1 aliphatic heterocycles. The Hall–Kier alpha value is -1.35. The smallest absolute Gasteiger partial charge is 0.315 e. The Bertz CT molecular complexity index is 385. The lowest BCUT2D eigenvalue weighted by atomic mass is 9.86. The molecule has 0 spiro atoms. The number of hydrogen-bond donors (Lipinski definition) is 1. The Labute approximate surface area is 115 Å². The van der Waals surface area contributed by atoms with E-state index in [1.165, 1.54) is 12.8 Å². The van der Waals surface area contributed by atoms with Gasteiger partial charge in [-0.2, -0.15) is 0 Å². The number of rotatable bonds is 5. The lowest BCUT2D eigenvalue weighted by Gasteiger charge is -2.30. The molecule has 1 aromatic rings. The number of piperidine rings is 1. The molecule has 0 aromatic heterocycles. The third-order valence-corrected chi connectivity index (χ3v) is 3.61. The third-order valence-electron chi connectivity index (χ3n) is 3.61. The van der Waals surface area contributed by atoms with Crippen molar-refractivity contribution in [3.8, 4) is 0 Å². The minimum absolute atomic E-state index is 0.0903. The SMILES string of the molecule is CCCOC(=O)[C@@H](c1ccccc1)[C@@H]1CCCCN1. The number of nitrogens with one attached hydrogen (secondary N) is 1. The van der Waals surface area contributed by atoms with Gasteiger partial charge < -0.3 is 10.1 Å². The van der Waals surface area contributed by atoms with E-state index in [4.69, 9.17) is 4.74 Å². The molecule has 1 heterocycles. The molecule has 2 rings (SSSR count). The number of ether oxygens (including phenoxy) is 1. The first-order valence-corrected chi connectivity index (χ1v) is 7.28. The number of hydrogen-bond acceptors (Lipinski definition) is 3. The second kappa shape index (κ2) is 7.29. The van der Waals surface area contributed by atoms with Crippen LogP contribution in [0.1, 0.15) is 44.1 Å². The van der Waals surface area contributed by atoms with E-state index in [-0.39, 0.29) is 17.9 Å². The highest BCUT2D eigenvalue weighted by molar-refractivity contribution is 5.79. The van der Waals surface area contributed by atoms with Crippen molar-refractivity contribution in [2.24, 2.45) is 0 Å². The van der Waals surface area contributed by atoms with Gasteiger partial charge in [-0.1, -0.05) is 43.7 Å². The van der Waals surface area contributed by atoms with Gasteiger partial charge in [-0.05, 0) is 31.4 Å². The van der Waals surface area contributed by atoms with Crippen LogP contribution in [-0.4, -0.2) is 25.2 Å². The molecular formula is C16H23NO2. The highest BCUT2D eigenvalue weighted by Gasteiger charge is 2.31. The number of carbonyl (C=O) groups is 1. The van der Waals surface area contributed by atoms with Gasteiger partial charge in [0.15, 0.2) is 0 Å². The average Bonchev–Trinajstić information content (AvgIpc) is 2.47. The highest BCUT2D eigenvalue weighted by Crippen LogP contribution is 2.26. The molecule has 0 bridgehead atoms. The van der Waals surface area contributed by atoms with Crippen LogP contribution in [0.2, 0.25) is 0 Å². The Balaban J connectivity index is 2.14. The fourth-order valence-electron chi connectivity index (χ4n) is 2.65. The average molecular weight is 261 g/mol. The van der Waals surface area contributed by atoms with Crippen LogP contribution in [0.5, 0.6) is 0 Å². The van der Waals surface area contributed by atoms with Gasteiger partial charge in [-0.3, -0.25) is 4.79 Å². The predicted molar refractivity (Wildman–Crippen MR) is 76.1 cm³/mol. The summed E-state index contributed by atoms with van der Waals surface area (Å²) in [5.74, 6) is -0.263. The molecule has 1 aliphatic rings. The van der Waals surface area contributed by atoms with E-state index in [1.54, 1.807) is 0 Å². The molecule has 0 unspecified atom stereocenters. The van der Waals surface area contributed by atoms with E-state index in [2.05, 4.69) is 5.32 Å². The maximum atomic E-state index is 12.3. The molecule has 1 saturated heterocycles. The summed E-state index contributed by atoms with van der Waals surface area (Å²) in [6.45, 7) is 3.52. The van der Waals surface area contributed by atoms with Gasteiger partial charge in [0.25, 0.3) is 0 Å². The molecule has 3 nitrogen and oxygen atoms in total. The van der Waals surface area contributed by atoms with Crippen molar-refractivity contribution in [2.45, 2.75) is 44.6 Å². The van der Waals surface area contributed by atoms with Gasteiger partial charge in [0.2, 0.25) is 0 Å². The molecule has 19 heavy (non-hydrogen) atoms. The van der Waals surface area contributed by atoms with Crippen molar-refractivity contribution in [3.05, 3.63) is 35.9 Å². The minimum atomic E-state index is -0.173. The lowest BCUT2D eigenvalue weighted by Crippen LogP contribution is -2.42. The minimum Gasteiger partial charge on any atom is -0.465 e. The Morgan fingerprint density at radius 3 is 2.79 bits per heavy atom. The summed E-state index contributed by atoms with van der Waals surface area (Å²) in [5, 5.41) is 3.47. The predicted octanol–water partition coefficient (Wildman–Crippen LogP) is 2.87. The number of esters is 1. The Morgan fingerprint density at radius 1 is 1.37 bits per heavy atom. The Morgan fingerprint density at radius 2 is 2.16 bits per heavy atom. The maximum Gasteiger partial charge on any atom is 0.315 e. The van der Waals surface area contributed by atoms with E-state index in [9.17, 15) is 4.79 Å².